The van der Waals surface area contributed by atoms with Gasteiger partial charge in [-0.3, -0.25) is 10.7 Å². The molecule has 0 radical (unpaired) electrons. The van der Waals surface area contributed by atoms with Crippen molar-refractivity contribution in [3.05, 3.63) is 64.7 Å². The second-order valence-electron chi connectivity index (χ2n) is 4.41. The predicted octanol–water partition coefficient (Wildman–Crippen LogP) is 3.13. The molecule has 106 valence electrons. The van der Waals surface area contributed by atoms with Crippen LogP contribution in [0.5, 0.6) is 0 Å². The van der Waals surface area contributed by atoms with Gasteiger partial charge in [-0.15, -0.1) is 0 Å². The first-order valence-electron chi connectivity index (χ1n) is 6.31. The van der Waals surface area contributed by atoms with E-state index in [1.54, 1.807) is 18.2 Å². The molecule has 5 nitrogen and oxygen atoms in total. The van der Waals surface area contributed by atoms with Crippen LogP contribution in [0.1, 0.15) is 11.1 Å². The van der Waals surface area contributed by atoms with Gasteiger partial charge >= 0.3 is 0 Å². The van der Waals surface area contributed by atoms with Gasteiger partial charge in [-0.05, 0) is 18.2 Å². The highest BCUT2D eigenvalue weighted by Crippen LogP contribution is 2.27. The lowest BCUT2D eigenvalue weighted by atomic mass is 10.0. The zero-order chi connectivity index (χ0) is 14.7. The van der Waals surface area contributed by atoms with Crippen molar-refractivity contribution in [2.45, 2.75) is 0 Å². The molecule has 0 spiro atoms. The lowest BCUT2D eigenvalue weighted by Crippen LogP contribution is -2.25. The van der Waals surface area contributed by atoms with Crippen LogP contribution in [0.3, 0.4) is 0 Å². The van der Waals surface area contributed by atoms with Crippen LogP contribution in [-0.4, -0.2) is 23.4 Å². The molecule has 6 heteroatoms. The maximum Gasteiger partial charge on any atom is 0.176 e. The topological polar surface area (TPSA) is 66.2 Å². The summed E-state index contributed by atoms with van der Waals surface area (Å²) in [4.78, 5) is 9.56. The Bertz CT molecular complexity index is 714. The lowest BCUT2D eigenvalue weighted by molar-refractivity contribution is 0.164. The van der Waals surface area contributed by atoms with E-state index in [2.05, 4.69) is 10.1 Å². The quantitative estimate of drug-likeness (QED) is 0.795. The number of hydrogen-bond acceptors (Lipinski definition) is 5. The third kappa shape index (κ3) is 2.89. The minimum atomic E-state index is 0.0505. The first-order chi connectivity index (χ1) is 10.3. The third-order valence-electron chi connectivity index (χ3n) is 3.00. The molecule has 1 aliphatic rings. The molecule has 0 saturated heterocycles. The van der Waals surface area contributed by atoms with Gasteiger partial charge in [0.2, 0.25) is 0 Å². The van der Waals surface area contributed by atoms with E-state index in [1.807, 2.05) is 35.8 Å². The molecule has 0 unspecified atom stereocenters. The molecule has 21 heavy (non-hydrogen) atoms. The Balaban J connectivity index is 2.18. The Morgan fingerprint density at radius 2 is 1.95 bits per heavy atom. The fourth-order valence-corrected chi connectivity index (χ4v) is 2.21. The summed E-state index contributed by atoms with van der Waals surface area (Å²) in [7, 11) is 0. The second kappa shape index (κ2) is 5.95. The SMILES string of the molecule is ONC1=Nc2ccc(Cl)cc2/C(c2ccccc2)=N\OC1. The Hall–Kier alpha value is -2.37. The summed E-state index contributed by atoms with van der Waals surface area (Å²) in [6.45, 7) is 0.0505. The summed E-state index contributed by atoms with van der Waals surface area (Å²) in [6, 6.07) is 14.9. The highest BCUT2D eigenvalue weighted by atomic mass is 35.5. The maximum atomic E-state index is 9.04. The van der Waals surface area contributed by atoms with Crippen molar-refractivity contribution >= 4 is 28.8 Å². The van der Waals surface area contributed by atoms with E-state index < -0.39 is 0 Å². The molecule has 0 saturated carbocycles. The van der Waals surface area contributed by atoms with Crippen LogP contribution >= 0.6 is 11.6 Å². The van der Waals surface area contributed by atoms with Crippen LogP contribution in [0.15, 0.2) is 58.7 Å². The van der Waals surface area contributed by atoms with Crippen molar-refractivity contribution < 1.29 is 10.0 Å². The molecule has 0 atom stereocenters. The highest BCUT2D eigenvalue weighted by molar-refractivity contribution is 6.31. The molecule has 1 heterocycles. The molecule has 1 aliphatic heterocycles. The molecule has 0 aromatic heterocycles. The van der Waals surface area contributed by atoms with Crippen molar-refractivity contribution in [3.63, 3.8) is 0 Å². The third-order valence-corrected chi connectivity index (χ3v) is 3.24. The molecule has 0 aliphatic carbocycles. The summed E-state index contributed by atoms with van der Waals surface area (Å²) in [5, 5.41) is 13.8. The number of fused-ring (bicyclic) bond motifs is 1. The summed E-state index contributed by atoms with van der Waals surface area (Å²) < 4.78 is 0. The summed E-state index contributed by atoms with van der Waals surface area (Å²) in [5.74, 6) is 0.273. The molecule has 0 amide bonds. The van der Waals surface area contributed by atoms with Gasteiger partial charge in [-0.1, -0.05) is 47.1 Å². The number of oxime groups is 1. The number of aliphatic imine (C=N–C) groups is 1. The molecule has 2 aromatic carbocycles. The first kappa shape index (κ1) is 13.6. The average Bonchev–Trinajstić information content (AvgIpc) is 2.50. The van der Waals surface area contributed by atoms with Crippen LogP contribution in [0.25, 0.3) is 0 Å². The van der Waals surface area contributed by atoms with Crippen LogP contribution in [-0.2, 0) is 4.84 Å². The van der Waals surface area contributed by atoms with Crippen LogP contribution in [0.2, 0.25) is 5.02 Å². The first-order valence-corrected chi connectivity index (χ1v) is 6.68. The van der Waals surface area contributed by atoms with Gasteiger partial charge in [-0.25, -0.2) is 4.99 Å². The molecule has 0 fully saturated rings. The van der Waals surface area contributed by atoms with Crippen molar-refractivity contribution in [2.24, 2.45) is 10.1 Å². The normalized spacial score (nSPS) is 16.5. The van der Waals surface area contributed by atoms with Crippen molar-refractivity contribution in [3.8, 4) is 0 Å². The van der Waals surface area contributed by atoms with Gasteiger partial charge in [0.25, 0.3) is 0 Å². The minimum absolute atomic E-state index is 0.0505. The van der Waals surface area contributed by atoms with Crippen LogP contribution in [0.4, 0.5) is 5.69 Å². The molecular weight excluding hydrogens is 290 g/mol. The largest absolute Gasteiger partial charge is 0.387 e. The van der Waals surface area contributed by atoms with Gasteiger partial charge < -0.3 is 4.84 Å². The number of hydroxylamine groups is 1. The van der Waals surface area contributed by atoms with Gasteiger partial charge in [0.15, 0.2) is 12.4 Å². The van der Waals surface area contributed by atoms with Gasteiger partial charge in [0, 0.05) is 16.1 Å². The van der Waals surface area contributed by atoms with Gasteiger partial charge in [0.1, 0.15) is 5.71 Å². The zero-order valence-corrected chi connectivity index (χ0v) is 11.7. The number of halogens is 1. The fraction of sp³-hybridized carbons (Fsp3) is 0.0667. The summed E-state index contributed by atoms with van der Waals surface area (Å²) in [5.41, 5.74) is 4.94. The highest BCUT2D eigenvalue weighted by Gasteiger charge is 2.16. The van der Waals surface area contributed by atoms with E-state index in [0.29, 0.717) is 16.4 Å². The van der Waals surface area contributed by atoms with Crippen molar-refractivity contribution in [1.29, 1.82) is 0 Å². The Labute approximate surface area is 126 Å². The standard InChI is InChI=1S/C15H12ClN3O2/c16-11-6-7-13-12(8-11)15(10-4-2-1-3-5-10)19-21-9-14(17-13)18-20/h1-8,20H,9H2,(H,17,18)/b19-15-. The van der Waals surface area contributed by atoms with Crippen LogP contribution in [0, 0.1) is 0 Å². The Morgan fingerprint density at radius 1 is 1.14 bits per heavy atom. The number of hydrogen-bond donors (Lipinski definition) is 2. The van der Waals surface area contributed by atoms with E-state index in [9.17, 15) is 0 Å². The smallest absolute Gasteiger partial charge is 0.176 e. The van der Waals surface area contributed by atoms with Gasteiger partial charge in [0.05, 0.1) is 5.69 Å². The number of benzene rings is 2. The molecule has 2 N–H and O–H groups in total. The number of nitrogens with zero attached hydrogens (tertiary/aromatic N) is 2. The molecule has 0 bridgehead atoms. The summed E-state index contributed by atoms with van der Waals surface area (Å²) >= 11 is 6.08. The van der Waals surface area contributed by atoms with E-state index >= 15 is 0 Å². The number of rotatable bonds is 1. The zero-order valence-electron chi connectivity index (χ0n) is 11.0. The van der Waals surface area contributed by atoms with E-state index in [4.69, 9.17) is 21.6 Å². The molecular formula is C15H12ClN3O2. The lowest BCUT2D eigenvalue weighted by Gasteiger charge is -2.14. The number of amidine groups is 1. The Morgan fingerprint density at radius 3 is 2.71 bits per heavy atom. The van der Waals surface area contributed by atoms with E-state index in [0.717, 1.165) is 11.1 Å². The van der Waals surface area contributed by atoms with Crippen molar-refractivity contribution in [1.82, 2.24) is 5.48 Å². The average molecular weight is 302 g/mol. The minimum Gasteiger partial charge on any atom is -0.387 e. The van der Waals surface area contributed by atoms with Crippen LogP contribution < -0.4 is 5.48 Å². The second-order valence-corrected chi connectivity index (χ2v) is 4.85. The fourth-order valence-electron chi connectivity index (χ4n) is 2.04. The van der Waals surface area contributed by atoms with Crippen molar-refractivity contribution in [2.75, 3.05) is 6.61 Å². The van der Waals surface area contributed by atoms with E-state index in [-0.39, 0.29) is 12.4 Å². The maximum absolute atomic E-state index is 9.04. The number of nitrogens with one attached hydrogen (secondary N) is 1. The van der Waals surface area contributed by atoms with E-state index in [1.165, 1.54) is 0 Å². The molecule has 3 rings (SSSR count). The summed E-state index contributed by atoms with van der Waals surface area (Å²) in [6.07, 6.45) is 0. The van der Waals surface area contributed by atoms with Gasteiger partial charge in [-0.2, -0.15) is 0 Å². The monoisotopic (exact) mass is 301 g/mol. The molecule has 2 aromatic rings. The Kier molecular flexibility index (Phi) is 3.85. The predicted molar refractivity (Wildman–Crippen MR) is 81.5 cm³/mol.